The Balaban J connectivity index is 1.18. The summed E-state index contributed by atoms with van der Waals surface area (Å²) in [6.07, 6.45) is 3.00. The van der Waals surface area contributed by atoms with Gasteiger partial charge < -0.3 is 14.9 Å². The van der Waals surface area contributed by atoms with Crippen LogP contribution in [0.1, 0.15) is 25.1 Å². The Morgan fingerprint density at radius 3 is 1.84 bits per heavy atom. The number of anilines is 1. The maximum Gasteiger partial charge on any atom is 0.185 e. The zero-order valence-electron chi connectivity index (χ0n) is 21.1. The van der Waals surface area contributed by atoms with Crippen molar-refractivity contribution in [3.05, 3.63) is 103 Å². The summed E-state index contributed by atoms with van der Waals surface area (Å²) in [5.41, 5.74) is 10.6. The number of unbranched alkanes of at least 4 members (excludes halogenated alkanes) is 2. The molecule has 7 heteroatoms. The number of aromatic nitrogens is 3. The molecular weight excluding hydrogens is 492 g/mol. The normalized spacial score (nSPS) is 12.1. The number of rotatable bonds is 9. The number of hydrogen-bond donors (Lipinski definition) is 1. The van der Waals surface area contributed by atoms with Crippen LogP contribution in [-0.4, -0.2) is 22.5 Å². The summed E-state index contributed by atoms with van der Waals surface area (Å²) in [4.78, 5) is 4.96. The van der Waals surface area contributed by atoms with Crippen LogP contribution >= 0.6 is 0 Å². The molecule has 192 valence electrons. The number of aryl methyl sites for hydroxylation is 2. The van der Waals surface area contributed by atoms with Crippen molar-refractivity contribution in [2.24, 2.45) is 0 Å². The van der Waals surface area contributed by atoms with Gasteiger partial charge in [-0.1, -0.05) is 48.5 Å². The average Bonchev–Trinajstić information content (AvgIpc) is 3.43. The van der Waals surface area contributed by atoms with E-state index >= 15 is 0 Å². The molecule has 0 unspecified atom stereocenters. The molecule has 0 atom stereocenters. The van der Waals surface area contributed by atoms with Crippen LogP contribution in [0, 0.1) is 0 Å². The molecule has 2 aromatic heterocycles. The number of fused-ring (bicyclic) bond motifs is 4. The summed E-state index contributed by atoms with van der Waals surface area (Å²) < 4.78 is 30.8. The van der Waals surface area contributed by atoms with E-state index in [0.717, 1.165) is 43.4 Å². The standard InChI is InChI=1S/C31H30N4O2S/c32-23-16-18-24(19-17-23)38(36,37)22-31-33-27-12-4-7-15-30(27)35(31)21-9-1-8-20-34-28-13-5-2-10-25(28)26-11-3-6-14-29(26)34/h2-7,10-19H,1,8-9,20-22,32H2. The molecule has 0 spiro atoms. The number of sulfone groups is 1. The fraction of sp³-hybridized carbons (Fsp3) is 0.194. The molecule has 0 aliphatic carbocycles. The highest BCUT2D eigenvalue weighted by atomic mass is 32.2. The van der Waals surface area contributed by atoms with Crippen LogP contribution in [-0.2, 0) is 28.7 Å². The van der Waals surface area contributed by atoms with E-state index < -0.39 is 9.84 Å². The first-order chi connectivity index (χ1) is 18.5. The molecule has 0 saturated heterocycles. The lowest BCUT2D eigenvalue weighted by Gasteiger charge is -2.11. The van der Waals surface area contributed by atoms with Gasteiger partial charge in [-0.15, -0.1) is 0 Å². The van der Waals surface area contributed by atoms with E-state index in [1.807, 2.05) is 24.3 Å². The van der Waals surface area contributed by atoms with Crippen molar-refractivity contribution in [2.75, 3.05) is 5.73 Å². The summed E-state index contributed by atoms with van der Waals surface area (Å²) in [6, 6.07) is 31.4. The topological polar surface area (TPSA) is 82.9 Å². The fourth-order valence-corrected chi connectivity index (χ4v) is 6.65. The van der Waals surface area contributed by atoms with Crippen LogP contribution in [0.2, 0.25) is 0 Å². The summed E-state index contributed by atoms with van der Waals surface area (Å²) in [5.74, 6) is 0.429. The van der Waals surface area contributed by atoms with Crippen molar-refractivity contribution in [1.82, 2.24) is 14.1 Å². The fourth-order valence-electron chi connectivity index (χ4n) is 5.37. The van der Waals surface area contributed by atoms with Crippen LogP contribution in [0.25, 0.3) is 32.8 Å². The van der Waals surface area contributed by atoms with E-state index in [1.54, 1.807) is 24.3 Å². The number of imidazole rings is 1. The Morgan fingerprint density at radius 2 is 1.18 bits per heavy atom. The van der Waals surface area contributed by atoms with Crippen LogP contribution in [0.3, 0.4) is 0 Å². The average molecular weight is 523 g/mol. The summed E-state index contributed by atoms with van der Waals surface area (Å²) in [6.45, 7) is 1.66. The van der Waals surface area contributed by atoms with Crippen LogP contribution in [0.15, 0.2) is 102 Å². The van der Waals surface area contributed by atoms with Crippen molar-refractivity contribution in [3.63, 3.8) is 0 Å². The number of nitrogens with two attached hydrogens (primary N) is 1. The zero-order valence-corrected chi connectivity index (χ0v) is 21.9. The van der Waals surface area contributed by atoms with Crippen molar-refractivity contribution in [3.8, 4) is 0 Å². The maximum atomic E-state index is 13.2. The number of nitrogen functional groups attached to an aromatic ring is 1. The molecule has 2 N–H and O–H groups in total. The van der Waals surface area contributed by atoms with Crippen molar-refractivity contribution in [1.29, 1.82) is 0 Å². The number of hydrogen-bond acceptors (Lipinski definition) is 4. The summed E-state index contributed by atoms with van der Waals surface area (Å²) in [5, 5.41) is 2.58. The monoisotopic (exact) mass is 522 g/mol. The minimum Gasteiger partial charge on any atom is -0.399 e. The molecule has 6 rings (SSSR count). The van der Waals surface area contributed by atoms with Gasteiger partial charge in [0.2, 0.25) is 0 Å². The molecule has 0 radical (unpaired) electrons. The molecule has 38 heavy (non-hydrogen) atoms. The quantitative estimate of drug-likeness (QED) is 0.172. The third kappa shape index (κ3) is 4.54. The van der Waals surface area contributed by atoms with Gasteiger partial charge in [-0.25, -0.2) is 13.4 Å². The molecular formula is C31H30N4O2S. The first-order valence-corrected chi connectivity index (χ1v) is 14.6. The SMILES string of the molecule is Nc1ccc(S(=O)(=O)Cc2nc3ccccc3n2CCCCCn2c3ccccc3c3ccccc32)cc1. The molecule has 0 amide bonds. The minimum atomic E-state index is -3.55. The van der Waals surface area contributed by atoms with Gasteiger partial charge in [-0.2, -0.15) is 0 Å². The maximum absolute atomic E-state index is 13.2. The van der Waals surface area contributed by atoms with E-state index in [4.69, 9.17) is 10.7 Å². The van der Waals surface area contributed by atoms with Gasteiger partial charge in [0.25, 0.3) is 0 Å². The van der Waals surface area contributed by atoms with Gasteiger partial charge in [0.15, 0.2) is 9.84 Å². The summed E-state index contributed by atoms with van der Waals surface area (Å²) in [7, 11) is -3.55. The Hall–Kier alpha value is -4.10. The minimum absolute atomic E-state index is 0.146. The third-order valence-corrected chi connectivity index (χ3v) is 8.86. The largest absolute Gasteiger partial charge is 0.399 e. The highest BCUT2D eigenvalue weighted by molar-refractivity contribution is 7.90. The molecule has 6 aromatic rings. The molecule has 6 nitrogen and oxygen atoms in total. The molecule has 0 fully saturated rings. The molecule has 0 aliphatic heterocycles. The van der Waals surface area contributed by atoms with Gasteiger partial charge >= 0.3 is 0 Å². The lowest BCUT2D eigenvalue weighted by atomic mass is 10.2. The summed E-state index contributed by atoms with van der Waals surface area (Å²) >= 11 is 0. The second kappa shape index (κ2) is 9.99. The highest BCUT2D eigenvalue weighted by Crippen LogP contribution is 2.29. The first-order valence-electron chi connectivity index (χ1n) is 13.0. The number of nitrogens with zero attached hydrogens (tertiary/aromatic N) is 3. The Labute approximate surface area is 222 Å². The van der Waals surface area contributed by atoms with Crippen LogP contribution < -0.4 is 5.73 Å². The number of para-hydroxylation sites is 4. The predicted octanol–water partition coefficient (Wildman–Crippen LogP) is 6.57. The highest BCUT2D eigenvalue weighted by Gasteiger charge is 2.20. The third-order valence-electron chi connectivity index (χ3n) is 7.24. The van der Waals surface area contributed by atoms with Gasteiger partial charge in [0.05, 0.1) is 15.9 Å². The Morgan fingerprint density at radius 1 is 0.632 bits per heavy atom. The van der Waals surface area contributed by atoms with Crippen molar-refractivity contribution in [2.45, 2.75) is 43.0 Å². The van der Waals surface area contributed by atoms with E-state index in [2.05, 4.69) is 57.7 Å². The molecule has 0 bridgehead atoms. The van der Waals surface area contributed by atoms with Crippen LogP contribution in [0.4, 0.5) is 5.69 Å². The van der Waals surface area contributed by atoms with E-state index in [0.29, 0.717) is 11.5 Å². The second-order valence-corrected chi connectivity index (χ2v) is 11.7. The number of benzene rings is 4. The molecule has 0 aliphatic rings. The lowest BCUT2D eigenvalue weighted by molar-refractivity contribution is 0.552. The first kappa shape index (κ1) is 24.2. The molecule has 2 heterocycles. The van der Waals surface area contributed by atoms with E-state index in [9.17, 15) is 8.42 Å². The van der Waals surface area contributed by atoms with Gasteiger partial charge in [0, 0.05) is 40.6 Å². The van der Waals surface area contributed by atoms with Crippen molar-refractivity contribution >= 4 is 48.4 Å². The zero-order chi connectivity index (χ0) is 26.1. The Kier molecular flexibility index (Phi) is 6.37. The van der Waals surface area contributed by atoms with E-state index in [1.165, 1.54) is 21.8 Å². The van der Waals surface area contributed by atoms with Crippen LogP contribution in [0.5, 0.6) is 0 Å². The Bertz CT molecular complexity index is 1800. The molecule has 4 aromatic carbocycles. The lowest BCUT2D eigenvalue weighted by Crippen LogP contribution is -2.12. The smallest absolute Gasteiger partial charge is 0.185 e. The van der Waals surface area contributed by atoms with Crippen molar-refractivity contribution < 1.29 is 8.42 Å². The predicted molar refractivity (Wildman–Crippen MR) is 155 cm³/mol. The van der Waals surface area contributed by atoms with Gasteiger partial charge in [-0.3, -0.25) is 0 Å². The molecule has 0 saturated carbocycles. The van der Waals surface area contributed by atoms with Gasteiger partial charge in [0.1, 0.15) is 11.6 Å². The van der Waals surface area contributed by atoms with E-state index in [-0.39, 0.29) is 10.6 Å². The second-order valence-electron chi connectivity index (χ2n) is 9.74. The van der Waals surface area contributed by atoms with Gasteiger partial charge in [-0.05, 0) is 67.8 Å².